The molecule has 1 aromatic rings. The Labute approximate surface area is 142 Å². The van der Waals surface area contributed by atoms with Crippen molar-refractivity contribution in [3.8, 4) is 5.75 Å². The lowest BCUT2D eigenvalue weighted by Gasteiger charge is -2.16. The highest BCUT2D eigenvalue weighted by molar-refractivity contribution is 5.77. The van der Waals surface area contributed by atoms with E-state index in [1.807, 2.05) is 24.3 Å². The van der Waals surface area contributed by atoms with Gasteiger partial charge in [0.1, 0.15) is 5.75 Å². The van der Waals surface area contributed by atoms with Gasteiger partial charge in [0.15, 0.2) is 0 Å². The first-order chi connectivity index (χ1) is 11.3. The molecule has 0 heterocycles. The molecule has 0 bridgehead atoms. The molecule has 0 fully saturated rings. The number of unbranched alkanes of at least 4 members (excludes halogenated alkanes) is 9. The van der Waals surface area contributed by atoms with Gasteiger partial charge in [0, 0.05) is 7.05 Å². The number of ether oxygens (including phenoxy) is 1. The van der Waals surface area contributed by atoms with Crippen LogP contribution in [0.5, 0.6) is 5.75 Å². The summed E-state index contributed by atoms with van der Waals surface area (Å²) in [5.74, 6) is 0.790. The monoisotopic (exact) mass is 319 g/mol. The van der Waals surface area contributed by atoms with E-state index < -0.39 is 0 Å². The van der Waals surface area contributed by atoms with Crippen LogP contribution in [0.2, 0.25) is 0 Å². The molecule has 1 amide bonds. The number of benzene rings is 1. The number of para-hydroxylation sites is 2. The molecule has 0 atom stereocenters. The average molecular weight is 319 g/mol. The molecule has 3 heteroatoms. The van der Waals surface area contributed by atoms with E-state index in [2.05, 4.69) is 6.92 Å². The van der Waals surface area contributed by atoms with E-state index in [9.17, 15) is 4.79 Å². The lowest BCUT2D eigenvalue weighted by Crippen LogP contribution is -2.15. The highest BCUT2D eigenvalue weighted by Gasteiger charge is 2.06. The Morgan fingerprint density at radius 3 is 2.09 bits per heavy atom. The average Bonchev–Trinajstić information content (AvgIpc) is 2.59. The zero-order chi connectivity index (χ0) is 16.8. The third-order valence-electron chi connectivity index (χ3n) is 4.16. The molecule has 130 valence electrons. The van der Waals surface area contributed by atoms with Crippen molar-refractivity contribution < 1.29 is 9.53 Å². The first kappa shape index (κ1) is 19.5. The van der Waals surface area contributed by atoms with Gasteiger partial charge in [-0.25, -0.2) is 0 Å². The Balaban J connectivity index is 2.06. The molecule has 3 nitrogen and oxygen atoms in total. The molecule has 0 aliphatic rings. The summed E-state index contributed by atoms with van der Waals surface area (Å²) in [7, 11) is 1.75. The van der Waals surface area contributed by atoms with E-state index >= 15 is 0 Å². The van der Waals surface area contributed by atoms with Crippen molar-refractivity contribution in [1.82, 2.24) is 0 Å². The van der Waals surface area contributed by atoms with Crippen LogP contribution in [0.15, 0.2) is 24.3 Å². The van der Waals surface area contributed by atoms with Gasteiger partial charge in [0.25, 0.3) is 0 Å². The van der Waals surface area contributed by atoms with Crippen molar-refractivity contribution in [3.63, 3.8) is 0 Å². The normalized spacial score (nSPS) is 10.5. The minimum absolute atomic E-state index is 0.722. The summed E-state index contributed by atoms with van der Waals surface area (Å²) in [6.07, 6.45) is 14.0. The molecule has 0 saturated heterocycles. The first-order valence-corrected chi connectivity index (χ1v) is 9.19. The van der Waals surface area contributed by atoms with E-state index in [1.54, 1.807) is 11.9 Å². The van der Waals surface area contributed by atoms with E-state index in [0.29, 0.717) is 0 Å². The van der Waals surface area contributed by atoms with E-state index in [4.69, 9.17) is 4.74 Å². The zero-order valence-electron chi connectivity index (χ0n) is 14.9. The van der Waals surface area contributed by atoms with Crippen molar-refractivity contribution in [2.24, 2.45) is 0 Å². The fourth-order valence-corrected chi connectivity index (χ4v) is 2.70. The quantitative estimate of drug-likeness (QED) is 0.331. The van der Waals surface area contributed by atoms with E-state index in [0.717, 1.165) is 30.9 Å². The lowest BCUT2D eigenvalue weighted by atomic mass is 10.1. The Kier molecular flexibility index (Phi) is 11.0. The fraction of sp³-hybridized carbons (Fsp3) is 0.650. The Morgan fingerprint density at radius 2 is 1.48 bits per heavy atom. The second kappa shape index (κ2) is 13.0. The Bertz CT molecular complexity index is 420. The van der Waals surface area contributed by atoms with Crippen molar-refractivity contribution in [2.45, 2.75) is 71.1 Å². The standard InChI is InChI=1S/C20H33NO2/c1-3-4-5-6-7-8-9-10-11-14-17-23-20-16-13-12-15-19(20)21(2)18-22/h12-13,15-16,18H,3-11,14,17H2,1-2H3. The zero-order valence-corrected chi connectivity index (χ0v) is 14.9. The van der Waals surface area contributed by atoms with Crippen LogP contribution < -0.4 is 9.64 Å². The molecule has 0 radical (unpaired) electrons. The molecule has 1 aromatic carbocycles. The molecular formula is C20H33NO2. The van der Waals surface area contributed by atoms with Crippen LogP contribution in [-0.4, -0.2) is 20.1 Å². The number of amides is 1. The van der Waals surface area contributed by atoms with Crippen molar-refractivity contribution in [3.05, 3.63) is 24.3 Å². The summed E-state index contributed by atoms with van der Waals surface area (Å²) < 4.78 is 5.83. The van der Waals surface area contributed by atoms with Crippen LogP contribution in [0.3, 0.4) is 0 Å². The smallest absolute Gasteiger partial charge is 0.213 e. The first-order valence-electron chi connectivity index (χ1n) is 9.19. The van der Waals surface area contributed by atoms with Gasteiger partial charge >= 0.3 is 0 Å². The van der Waals surface area contributed by atoms with E-state index in [-0.39, 0.29) is 0 Å². The van der Waals surface area contributed by atoms with Crippen LogP contribution in [0, 0.1) is 0 Å². The topological polar surface area (TPSA) is 29.5 Å². The van der Waals surface area contributed by atoms with Gasteiger partial charge in [-0.15, -0.1) is 0 Å². The van der Waals surface area contributed by atoms with Crippen molar-refractivity contribution >= 4 is 12.1 Å². The van der Waals surface area contributed by atoms with Crippen LogP contribution in [-0.2, 0) is 4.79 Å². The fourth-order valence-electron chi connectivity index (χ4n) is 2.70. The number of carbonyl (C=O) groups is 1. The van der Waals surface area contributed by atoms with Crippen LogP contribution in [0.25, 0.3) is 0 Å². The van der Waals surface area contributed by atoms with Gasteiger partial charge in [-0.05, 0) is 18.6 Å². The molecule has 0 spiro atoms. The summed E-state index contributed by atoms with van der Waals surface area (Å²) >= 11 is 0. The number of hydrogen-bond acceptors (Lipinski definition) is 2. The lowest BCUT2D eigenvalue weighted by molar-refractivity contribution is -0.107. The summed E-state index contributed by atoms with van der Waals surface area (Å²) in [4.78, 5) is 12.4. The molecule has 0 unspecified atom stereocenters. The van der Waals surface area contributed by atoms with Gasteiger partial charge < -0.3 is 9.64 Å². The summed E-state index contributed by atoms with van der Waals surface area (Å²) in [6, 6.07) is 7.69. The van der Waals surface area contributed by atoms with Crippen LogP contribution >= 0.6 is 0 Å². The summed E-state index contributed by atoms with van der Waals surface area (Å²) in [5, 5.41) is 0. The predicted molar refractivity (Wildman–Crippen MR) is 98.2 cm³/mol. The maximum Gasteiger partial charge on any atom is 0.213 e. The highest BCUT2D eigenvalue weighted by atomic mass is 16.5. The molecule has 0 aliphatic carbocycles. The molecule has 0 aromatic heterocycles. The molecule has 23 heavy (non-hydrogen) atoms. The predicted octanol–water partition coefficient (Wildman–Crippen LogP) is 5.58. The van der Waals surface area contributed by atoms with Gasteiger partial charge in [-0.1, -0.05) is 76.8 Å². The Hall–Kier alpha value is -1.51. The number of anilines is 1. The van der Waals surface area contributed by atoms with Crippen LogP contribution in [0.1, 0.15) is 71.1 Å². The second-order valence-electron chi connectivity index (χ2n) is 6.21. The summed E-state index contributed by atoms with van der Waals surface area (Å²) in [5.41, 5.74) is 0.828. The number of nitrogens with zero attached hydrogens (tertiary/aromatic N) is 1. The number of rotatable bonds is 14. The summed E-state index contributed by atoms with van der Waals surface area (Å²) in [6.45, 7) is 2.98. The van der Waals surface area contributed by atoms with Gasteiger partial charge in [-0.2, -0.15) is 0 Å². The van der Waals surface area contributed by atoms with Gasteiger partial charge in [0.2, 0.25) is 6.41 Å². The molecule has 0 saturated carbocycles. The van der Waals surface area contributed by atoms with Crippen molar-refractivity contribution in [1.29, 1.82) is 0 Å². The third-order valence-corrected chi connectivity index (χ3v) is 4.16. The minimum Gasteiger partial charge on any atom is -0.491 e. The third kappa shape index (κ3) is 8.63. The maximum atomic E-state index is 10.9. The Morgan fingerprint density at radius 1 is 0.913 bits per heavy atom. The molecule has 1 rings (SSSR count). The molecular weight excluding hydrogens is 286 g/mol. The minimum atomic E-state index is 0.722. The van der Waals surface area contributed by atoms with E-state index in [1.165, 1.54) is 57.8 Å². The number of hydrogen-bond donors (Lipinski definition) is 0. The van der Waals surface area contributed by atoms with Crippen molar-refractivity contribution in [2.75, 3.05) is 18.6 Å². The maximum absolute atomic E-state index is 10.9. The highest BCUT2D eigenvalue weighted by Crippen LogP contribution is 2.26. The molecule has 0 N–H and O–H groups in total. The van der Waals surface area contributed by atoms with Gasteiger partial charge in [-0.3, -0.25) is 4.79 Å². The second-order valence-corrected chi connectivity index (χ2v) is 6.21. The van der Waals surface area contributed by atoms with Gasteiger partial charge in [0.05, 0.1) is 12.3 Å². The number of carbonyl (C=O) groups excluding carboxylic acids is 1. The molecule has 0 aliphatic heterocycles. The SMILES string of the molecule is CCCCCCCCCCCCOc1ccccc1N(C)C=O. The largest absolute Gasteiger partial charge is 0.491 e. The van der Waals surface area contributed by atoms with Crippen LogP contribution in [0.4, 0.5) is 5.69 Å².